The number of thiazole rings is 1. The Labute approximate surface area is 230 Å². The molecule has 2 atom stereocenters. The van der Waals surface area contributed by atoms with E-state index in [9.17, 15) is 9.90 Å². The van der Waals surface area contributed by atoms with Gasteiger partial charge in [-0.2, -0.15) is 0 Å². The van der Waals surface area contributed by atoms with Crippen LogP contribution in [0.2, 0.25) is 0 Å². The van der Waals surface area contributed by atoms with Gasteiger partial charge in [0.25, 0.3) is 0 Å². The van der Waals surface area contributed by atoms with Crippen molar-refractivity contribution in [2.75, 3.05) is 13.1 Å². The van der Waals surface area contributed by atoms with Gasteiger partial charge in [0.2, 0.25) is 0 Å². The Kier molecular flexibility index (Phi) is 7.31. The van der Waals surface area contributed by atoms with Crippen LogP contribution in [-0.2, 0) is 17.1 Å². The SMILES string of the molecule is O=C(O)N1CCC(c2ccc(CSc3nc4ccccc4s3)cc2)C(OCc2ccc3ccccc3c2)C1. The number of hydrogen-bond acceptors (Lipinski definition) is 5. The molecule has 1 saturated heterocycles. The Hall–Kier alpha value is -3.39. The standard InChI is InChI=1S/C31H28N2O3S2/c34-31(35)33-16-15-26(28(18-33)36-19-22-11-12-23-5-1-2-6-25(23)17-22)24-13-9-21(10-14-24)20-37-30-32-27-7-3-4-8-29(27)38-30/h1-14,17,26,28H,15-16,18-20H2,(H,34,35). The molecule has 1 fully saturated rings. The predicted octanol–water partition coefficient (Wildman–Crippen LogP) is 7.79. The molecule has 0 saturated carbocycles. The molecule has 1 aromatic heterocycles. The fourth-order valence-electron chi connectivity index (χ4n) is 5.09. The van der Waals surface area contributed by atoms with Crippen molar-refractivity contribution in [3.8, 4) is 0 Å². The molecule has 1 amide bonds. The maximum atomic E-state index is 11.7. The van der Waals surface area contributed by atoms with Crippen molar-refractivity contribution in [2.45, 2.75) is 35.1 Å². The van der Waals surface area contributed by atoms with E-state index in [0.717, 1.165) is 27.6 Å². The van der Waals surface area contributed by atoms with Gasteiger partial charge >= 0.3 is 6.09 Å². The fourth-order valence-corrected chi connectivity index (χ4v) is 7.12. The number of thioether (sulfide) groups is 1. The number of benzene rings is 4. The molecule has 6 rings (SSSR count). The average Bonchev–Trinajstić information content (AvgIpc) is 3.38. The highest BCUT2D eigenvalue weighted by Gasteiger charge is 2.33. The number of carboxylic acid groups (broad SMARTS) is 1. The van der Waals surface area contributed by atoms with Crippen LogP contribution in [0.5, 0.6) is 0 Å². The second kappa shape index (κ2) is 11.2. The van der Waals surface area contributed by atoms with Crippen LogP contribution in [0.4, 0.5) is 4.79 Å². The van der Waals surface area contributed by atoms with E-state index in [1.54, 1.807) is 23.1 Å². The fraction of sp³-hybridized carbons (Fsp3) is 0.226. The Balaban J connectivity index is 1.14. The summed E-state index contributed by atoms with van der Waals surface area (Å²) in [4.78, 5) is 17.9. The van der Waals surface area contributed by atoms with E-state index in [4.69, 9.17) is 9.72 Å². The topological polar surface area (TPSA) is 62.7 Å². The van der Waals surface area contributed by atoms with E-state index in [1.165, 1.54) is 31.5 Å². The lowest BCUT2D eigenvalue weighted by Gasteiger charge is -2.37. The molecule has 0 bridgehead atoms. The largest absolute Gasteiger partial charge is 0.465 e. The second-order valence-corrected chi connectivity index (χ2v) is 11.9. The first-order chi connectivity index (χ1) is 18.6. The molecule has 2 heterocycles. The maximum Gasteiger partial charge on any atom is 0.407 e. The van der Waals surface area contributed by atoms with E-state index in [1.807, 2.05) is 24.3 Å². The van der Waals surface area contributed by atoms with E-state index in [2.05, 4.69) is 66.7 Å². The number of hydrogen-bond donors (Lipinski definition) is 1. The highest BCUT2D eigenvalue weighted by molar-refractivity contribution is 8.00. The van der Waals surface area contributed by atoms with Gasteiger partial charge in [0.1, 0.15) is 0 Å². The molecule has 7 heteroatoms. The average molecular weight is 541 g/mol. The first-order valence-corrected chi connectivity index (χ1v) is 14.6. The summed E-state index contributed by atoms with van der Waals surface area (Å²) in [7, 11) is 0. The number of nitrogens with zero attached hydrogens (tertiary/aromatic N) is 2. The maximum absolute atomic E-state index is 11.7. The second-order valence-electron chi connectivity index (χ2n) is 9.63. The number of likely N-dealkylation sites (tertiary alicyclic amines) is 1. The molecule has 5 aromatic rings. The van der Waals surface area contributed by atoms with Crippen LogP contribution >= 0.6 is 23.1 Å². The minimum atomic E-state index is -0.884. The summed E-state index contributed by atoms with van der Waals surface area (Å²) >= 11 is 3.49. The Morgan fingerprint density at radius 1 is 0.974 bits per heavy atom. The molecule has 5 nitrogen and oxygen atoms in total. The minimum Gasteiger partial charge on any atom is -0.465 e. The van der Waals surface area contributed by atoms with Crippen LogP contribution in [-0.4, -0.2) is 40.3 Å². The molecular weight excluding hydrogens is 512 g/mol. The lowest BCUT2D eigenvalue weighted by atomic mass is 9.86. The number of piperidine rings is 1. The zero-order valence-corrected chi connectivity index (χ0v) is 22.5. The van der Waals surface area contributed by atoms with Crippen LogP contribution in [0, 0.1) is 0 Å². The van der Waals surface area contributed by atoms with E-state index < -0.39 is 6.09 Å². The first-order valence-electron chi connectivity index (χ1n) is 12.8. The molecule has 1 aliphatic rings. The number of rotatable bonds is 7. The van der Waals surface area contributed by atoms with Crippen molar-refractivity contribution in [3.05, 3.63) is 108 Å². The van der Waals surface area contributed by atoms with Gasteiger partial charge in [0.15, 0.2) is 4.34 Å². The van der Waals surface area contributed by atoms with Gasteiger partial charge < -0.3 is 14.7 Å². The number of aromatic nitrogens is 1. The molecule has 0 spiro atoms. The number of carbonyl (C=O) groups is 1. The van der Waals surface area contributed by atoms with Crippen molar-refractivity contribution in [1.29, 1.82) is 0 Å². The van der Waals surface area contributed by atoms with Crippen LogP contribution in [0.15, 0.2) is 95.3 Å². The molecule has 0 aliphatic carbocycles. The summed E-state index contributed by atoms with van der Waals surface area (Å²) in [5.74, 6) is 1.01. The van der Waals surface area contributed by atoms with Gasteiger partial charge in [0.05, 0.1) is 29.5 Å². The van der Waals surface area contributed by atoms with Crippen molar-refractivity contribution in [1.82, 2.24) is 9.88 Å². The van der Waals surface area contributed by atoms with Gasteiger partial charge in [-0.05, 0) is 52.1 Å². The molecule has 4 aromatic carbocycles. The Morgan fingerprint density at radius 2 is 1.74 bits per heavy atom. The van der Waals surface area contributed by atoms with Crippen molar-refractivity contribution < 1.29 is 14.6 Å². The monoisotopic (exact) mass is 540 g/mol. The zero-order chi connectivity index (χ0) is 25.9. The molecular formula is C31H28N2O3S2. The molecule has 2 unspecified atom stereocenters. The Morgan fingerprint density at radius 3 is 2.55 bits per heavy atom. The van der Waals surface area contributed by atoms with Crippen molar-refractivity contribution >= 4 is 50.2 Å². The number of amides is 1. The molecule has 0 radical (unpaired) electrons. The third-order valence-electron chi connectivity index (χ3n) is 7.15. The molecule has 192 valence electrons. The minimum absolute atomic E-state index is 0.150. The number of fused-ring (bicyclic) bond motifs is 2. The molecule has 1 N–H and O–H groups in total. The number of para-hydroxylation sites is 1. The summed E-state index contributed by atoms with van der Waals surface area (Å²) in [5.41, 5.74) is 4.59. The van der Waals surface area contributed by atoms with Crippen LogP contribution < -0.4 is 0 Å². The lowest BCUT2D eigenvalue weighted by molar-refractivity contribution is -0.0199. The van der Waals surface area contributed by atoms with Gasteiger partial charge in [-0.3, -0.25) is 0 Å². The summed E-state index contributed by atoms with van der Waals surface area (Å²) in [6.45, 7) is 1.35. The Bertz CT molecular complexity index is 1530. The highest BCUT2D eigenvalue weighted by Crippen LogP contribution is 2.34. The van der Waals surface area contributed by atoms with E-state index in [-0.39, 0.29) is 12.0 Å². The van der Waals surface area contributed by atoms with Crippen molar-refractivity contribution in [3.63, 3.8) is 0 Å². The lowest BCUT2D eigenvalue weighted by Crippen LogP contribution is -2.46. The first kappa shape index (κ1) is 24.9. The summed E-state index contributed by atoms with van der Waals surface area (Å²) in [6.07, 6.45) is -0.339. The molecule has 1 aliphatic heterocycles. The van der Waals surface area contributed by atoms with Gasteiger partial charge in [-0.1, -0.05) is 84.6 Å². The number of ether oxygens (including phenoxy) is 1. The molecule has 38 heavy (non-hydrogen) atoms. The zero-order valence-electron chi connectivity index (χ0n) is 20.8. The van der Waals surface area contributed by atoms with Crippen LogP contribution in [0.3, 0.4) is 0 Å². The van der Waals surface area contributed by atoms with Crippen LogP contribution in [0.25, 0.3) is 21.0 Å². The summed E-state index contributed by atoms with van der Waals surface area (Å²) in [5, 5.41) is 12.0. The smallest absolute Gasteiger partial charge is 0.407 e. The van der Waals surface area contributed by atoms with Gasteiger partial charge in [-0.15, -0.1) is 11.3 Å². The normalized spacial score (nSPS) is 17.7. The van der Waals surface area contributed by atoms with E-state index in [0.29, 0.717) is 19.7 Å². The predicted molar refractivity (Wildman–Crippen MR) is 155 cm³/mol. The third-order valence-corrected chi connectivity index (χ3v) is 9.40. The van der Waals surface area contributed by atoms with Crippen molar-refractivity contribution in [2.24, 2.45) is 0 Å². The van der Waals surface area contributed by atoms with Gasteiger partial charge in [-0.25, -0.2) is 9.78 Å². The quantitative estimate of drug-likeness (QED) is 0.214. The van der Waals surface area contributed by atoms with Gasteiger partial charge in [0, 0.05) is 18.2 Å². The highest BCUT2D eigenvalue weighted by atomic mass is 32.2. The summed E-state index contributed by atoms with van der Waals surface area (Å²) in [6, 6.07) is 31.6. The third kappa shape index (κ3) is 5.55. The van der Waals surface area contributed by atoms with Crippen LogP contribution in [0.1, 0.15) is 29.0 Å². The summed E-state index contributed by atoms with van der Waals surface area (Å²) < 4.78 is 8.71. The van der Waals surface area contributed by atoms with E-state index >= 15 is 0 Å².